The number of hydrogen-bond donors (Lipinski definition) is 10. The van der Waals surface area contributed by atoms with E-state index in [1.165, 1.54) is 0 Å². The van der Waals surface area contributed by atoms with Gasteiger partial charge in [-0.1, -0.05) is 0 Å². The molecule has 0 rings (SSSR count). The lowest BCUT2D eigenvalue weighted by Crippen LogP contribution is -2.37. The average Bonchev–Trinajstić information content (AvgIpc) is 2.54. The first-order valence-electron chi connectivity index (χ1n) is 6.07. The molecular weight excluding hydrogens is 496 g/mol. The third-order valence-electron chi connectivity index (χ3n) is 1.34. The van der Waals surface area contributed by atoms with Gasteiger partial charge in [0.15, 0.2) is 0 Å². The minimum atomic E-state index is -1.50. The molecule has 0 fully saturated rings. The van der Waals surface area contributed by atoms with Crippen molar-refractivity contribution in [2.24, 2.45) is 5.41 Å². The average molecular weight is 514 g/mol. The molecule has 0 radical (unpaired) electrons. The van der Waals surface area contributed by atoms with E-state index in [1.807, 2.05) is 0 Å². The summed E-state index contributed by atoms with van der Waals surface area (Å²) < 4.78 is 0. The van der Waals surface area contributed by atoms with Gasteiger partial charge in [0.2, 0.25) is 0 Å². The van der Waals surface area contributed by atoms with Crippen LogP contribution in [0.5, 0.6) is 0 Å². The standard InChI is InChI=1S/C5H12O4.6HNO3/c6-1-5(2-7,3-8)4-9;6*2-1(3)4/h6-9H,1-4H2;6*(H,2,3,4). The summed E-state index contributed by atoms with van der Waals surface area (Å²) in [6, 6.07) is 0. The molecule has 0 aromatic heterocycles. The van der Waals surface area contributed by atoms with Crippen LogP contribution in [0.4, 0.5) is 0 Å². The lowest BCUT2D eigenvalue weighted by molar-refractivity contribution is -0.742. The van der Waals surface area contributed by atoms with Crippen molar-refractivity contribution in [1.29, 1.82) is 0 Å². The molecule has 0 amide bonds. The normalized spacial score (nSPS) is 7.64. The summed E-state index contributed by atoms with van der Waals surface area (Å²) in [6.07, 6.45) is 0. The molecule has 0 spiro atoms. The topological polar surface area (TPSA) is 461 Å². The van der Waals surface area contributed by atoms with E-state index in [9.17, 15) is 0 Å². The van der Waals surface area contributed by atoms with Crippen LogP contribution in [0.2, 0.25) is 0 Å². The number of aliphatic hydroxyl groups is 4. The zero-order chi connectivity index (χ0) is 28.8. The Bertz CT molecular complexity index is 385. The van der Waals surface area contributed by atoms with E-state index in [4.69, 9.17) is 112 Å². The van der Waals surface area contributed by atoms with E-state index < -0.39 is 62.4 Å². The Morgan fingerprint density at radius 2 is 0.455 bits per heavy atom. The van der Waals surface area contributed by atoms with E-state index in [0.717, 1.165) is 0 Å². The fraction of sp³-hybridized carbons (Fsp3) is 1.00. The molecule has 0 aliphatic carbocycles. The summed E-state index contributed by atoms with van der Waals surface area (Å²) in [4.78, 5) is 50.2. The van der Waals surface area contributed by atoms with Crippen molar-refractivity contribution in [2.45, 2.75) is 0 Å². The van der Waals surface area contributed by atoms with Crippen LogP contribution >= 0.6 is 0 Å². The second-order valence-corrected chi connectivity index (χ2v) is 3.56. The molecule has 0 saturated carbocycles. The molecule has 33 heavy (non-hydrogen) atoms. The SMILES string of the molecule is O=[N+]([O-])O.O=[N+]([O-])O.O=[N+]([O-])O.O=[N+]([O-])O.O=[N+]([O-])O.O=[N+]([O-])O.OCC(CO)(CO)CO. The van der Waals surface area contributed by atoms with Gasteiger partial charge in [-0.05, 0) is 0 Å². The van der Waals surface area contributed by atoms with Crippen LogP contribution in [0.15, 0.2) is 0 Å². The molecule has 0 atom stereocenters. The van der Waals surface area contributed by atoms with E-state index in [1.54, 1.807) is 0 Å². The lowest BCUT2D eigenvalue weighted by atomic mass is 9.93. The van der Waals surface area contributed by atoms with Crippen molar-refractivity contribution >= 4 is 0 Å². The first-order valence-corrected chi connectivity index (χ1v) is 6.07. The molecule has 28 heteroatoms. The summed E-state index contributed by atoms with van der Waals surface area (Å²) in [6.45, 7) is -1.62. The summed E-state index contributed by atoms with van der Waals surface area (Å²) >= 11 is 0. The molecule has 200 valence electrons. The second kappa shape index (κ2) is 34.5. The molecule has 0 heterocycles. The molecule has 0 aromatic carbocycles. The summed E-state index contributed by atoms with van der Waals surface area (Å²) in [5, 5.41) is 116. The molecule has 10 N–H and O–H groups in total. The van der Waals surface area contributed by atoms with Crippen molar-refractivity contribution in [1.82, 2.24) is 0 Å². The highest BCUT2D eigenvalue weighted by Gasteiger charge is 2.26. The Kier molecular flexibility index (Phi) is 48.5. The molecule has 0 aliphatic heterocycles. The Morgan fingerprint density at radius 3 is 0.455 bits per heavy atom. The Hall–Kier alpha value is -4.96. The Labute approximate surface area is 176 Å². The maximum Gasteiger partial charge on any atom is 0.291 e. The van der Waals surface area contributed by atoms with Crippen molar-refractivity contribution in [3.8, 4) is 0 Å². The van der Waals surface area contributed by atoms with Gasteiger partial charge in [0.25, 0.3) is 30.5 Å². The van der Waals surface area contributed by atoms with Gasteiger partial charge in [-0.15, -0.1) is 60.7 Å². The van der Waals surface area contributed by atoms with Crippen molar-refractivity contribution in [2.75, 3.05) is 26.4 Å². The van der Waals surface area contributed by atoms with E-state index in [2.05, 4.69) is 0 Å². The highest BCUT2D eigenvalue weighted by Crippen LogP contribution is 2.11. The zero-order valence-electron chi connectivity index (χ0n) is 15.4. The zero-order valence-corrected chi connectivity index (χ0v) is 15.4. The fourth-order valence-electron chi connectivity index (χ4n) is 0.300. The smallest absolute Gasteiger partial charge is 0.291 e. The van der Waals surface area contributed by atoms with Gasteiger partial charge in [0, 0.05) is 0 Å². The highest BCUT2D eigenvalue weighted by atomic mass is 16.9. The van der Waals surface area contributed by atoms with Crippen LogP contribution in [-0.4, -0.2) is 109 Å². The molecule has 0 unspecified atom stereocenters. The Balaban J connectivity index is -0.0000000496. The highest BCUT2D eigenvalue weighted by molar-refractivity contribution is 4.74. The lowest BCUT2D eigenvalue weighted by Gasteiger charge is -2.23. The van der Waals surface area contributed by atoms with Gasteiger partial charge in [0.05, 0.1) is 31.8 Å². The van der Waals surface area contributed by atoms with E-state index >= 15 is 0 Å². The summed E-state index contributed by atoms with van der Waals surface area (Å²) in [5.41, 5.74) is -1.11. The van der Waals surface area contributed by atoms with Gasteiger partial charge >= 0.3 is 0 Å². The molecule has 28 nitrogen and oxygen atoms in total. The quantitative estimate of drug-likeness (QED) is 0.126. The van der Waals surface area contributed by atoms with Crippen molar-refractivity contribution < 1.29 is 82.2 Å². The minimum absolute atomic E-state index is 0.406. The van der Waals surface area contributed by atoms with Gasteiger partial charge in [-0.25, -0.2) is 0 Å². The Morgan fingerprint density at radius 1 is 0.394 bits per heavy atom. The van der Waals surface area contributed by atoms with Crippen LogP contribution < -0.4 is 0 Å². The van der Waals surface area contributed by atoms with Crippen molar-refractivity contribution in [3.05, 3.63) is 60.7 Å². The number of aliphatic hydroxyl groups excluding tert-OH is 4. The summed E-state index contributed by atoms with van der Waals surface area (Å²) in [7, 11) is 0. The summed E-state index contributed by atoms with van der Waals surface area (Å²) in [5.74, 6) is 0. The van der Waals surface area contributed by atoms with Crippen LogP contribution in [0.3, 0.4) is 0 Å². The third-order valence-corrected chi connectivity index (χ3v) is 1.34. The van der Waals surface area contributed by atoms with Gasteiger partial charge < -0.3 is 51.7 Å². The molecule has 0 aliphatic rings. The first-order chi connectivity index (χ1) is 14.6. The number of rotatable bonds is 4. The predicted octanol–water partition coefficient (Wildman–Crippen LogP) is -4.14. The second-order valence-electron chi connectivity index (χ2n) is 3.56. The van der Waals surface area contributed by atoms with E-state index in [0.29, 0.717) is 0 Å². The third kappa shape index (κ3) is 342. The van der Waals surface area contributed by atoms with Crippen LogP contribution in [0.1, 0.15) is 0 Å². The molecule has 0 aromatic rings. The van der Waals surface area contributed by atoms with Crippen molar-refractivity contribution in [3.63, 3.8) is 0 Å². The van der Waals surface area contributed by atoms with Crippen LogP contribution in [0, 0.1) is 66.1 Å². The van der Waals surface area contributed by atoms with Gasteiger partial charge in [-0.3, -0.25) is 0 Å². The molecule has 0 bridgehead atoms. The monoisotopic (exact) mass is 514 g/mol. The van der Waals surface area contributed by atoms with Gasteiger partial charge in [-0.2, -0.15) is 0 Å². The fourth-order valence-corrected chi connectivity index (χ4v) is 0.300. The van der Waals surface area contributed by atoms with Crippen LogP contribution in [0.25, 0.3) is 0 Å². The van der Waals surface area contributed by atoms with Gasteiger partial charge in [0.1, 0.15) is 0 Å². The van der Waals surface area contributed by atoms with E-state index in [-0.39, 0.29) is 0 Å². The predicted molar refractivity (Wildman–Crippen MR) is 83.5 cm³/mol. The number of nitrogens with zero attached hydrogens (tertiary/aromatic N) is 6. The maximum atomic E-state index is 8.50. The maximum absolute atomic E-state index is 8.50. The molecular formula is C5H18N6O22. The molecule has 0 saturated heterocycles. The first kappa shape index (κ1) is 46.3. The number of hydrogen-bond acceptors (Lipinski definition) is 16. The van der Waals surface area contributed by atoms with Crippen LogP contribution in [-0.2, 0) is 0 Å². The minimum Gasteiger partial charge on any atom is -0.396 e. The largest absolute Gasteiger partial charge is 0.396 e.